The van der Waals surface area contributed by atoms with Crippen LogP contribution in [0.15, 0.2) is 42.7 Å². The van der Waals surface area contributed by atoms with E-state index in [1.54, 1.807) is 0 Å². The van der Waals surface area contributed by atoms with Gasteiger partial charge in [-0.3, -0.25) is 4.57 Å². The lowest BCUT2D eigenvalue weighted by Crippen LogP contribution is -2.16. The van der Waals surface area contributed by atoms with Gasteiger partial charge in [0.2, 0.25) is 0 Å². The Bertz CT molecular complexity index is 892. The summed E-state index contributed by atoms with van der Waals surface area (Å²) in [6, 6.07) is 12.8. The second kappa shape index (κ2) is 5.51. The van der Waals surface area contributed by atoms with Gasteiger partial charge in [0.15, 0.2) is 0 Å². The molecule has 3 aromatic rings. The fourth-order valence-electron chi connectivity index (χ4n) is 2.89. The van der Waals surface area contributed by atoms with Crippen LogP contribution in [0.5, 0.6) is 0 Å². The van der Waals surface area contributed by atoms with Crippen LogP contribution in [0.2, 0.25) is 0 Å². The second-order valence-corrected chi connectivity index (χ2v) is 8.63. The van der Waals surface area contributed by atoms with E-state index >= 15 is 0 Å². The third kappa shape index (κ3) is 3.12. The molecule has 1 heterocycles. The first-order valence-corrected chi connectivity index (χ1v) is 8.45. The first kappa shape index (κ1) is 16.8. The number of rotatable bonds is 1. The minimum atomic E-state index is 0.0527. The number of benzene rings is 2. The van der Waals surface area contributed by atoms with E-state index in [1.807, 2.05) is 12.4 Å². The minimum Gasteiger partial charge on any atom is -0.299 e. The second-order valence-electron chi connectivity index (χ2n) is 8.63. The van der Waals surface area contributed by atoms with Gasteiger partial charge in [0.05, 0.1) is 11.0 Å². The number of aromatic nitrogens is 2. The molecule has 0 N–H and O–H groups in total. The first-order chi connectivity index (χ1) is 11.1. The minimum absolute atomic E-state index is 0.0527. The lowest BCUT2D eigenvalue weighted by Gasteiger charge is -2.22. The lowest BCUT2D eigenvalue weighted by molar-refractivity contribution is 0.590. The summed E-state index contributed by atoms with van der Waals surface area (Å²) in [7, 11) is 6.17. The van der Waals surface area contributed by atoms with Crippen LogP contribution >= 0.6 is 0 Å². The van der Waals surface area contributed by atoms with Crippen molar-refractivity contribution in [3.8, 4) is 5.69 Å². The molecule has 0 atom stereocenters. The molecule has 24 heavy (non-hydrogen) atoms. The molecule has 1 aromatic heterocycles. The zero-order valence-corrected chi connectivity index (χ0v) is 15.5. The van der Waals surface area contributed by atoms with Crippen LogP contribution in [-0.4, -0.2) is 17.4 Å². The van der Waals surface area contributed by atoms with Crippen LogP contribution in [0, 0.1) is 0 Å². The molecule has 3 heteroatoms. The summed E-state index contributed by atoms with van der Waals surface area (Å²) >= 11 is 0. The Balaban J connectivity index is 2.21. The molecule has 0 bridgehead atoms. The van der Waals surface area contributed by atoms with Gasteiger partial charge in [0, 0.05) is 5.69 Å². The molecule has 0 saturated heterocycles. The molecule has 3 rings (SSSR count). The summed E-state index contributed by atoms with van der Waals surface area (Å²) in [5.74, 6) is 0. The largest absolute Gasteiger partial charge is 0.299 e. The molecule has 0 fully saturated rings. The summed E-state index contributed by atoms with van der Waals surface area (Å²) in [5, 5.41) is 0. The monoisotopic (exact) mass is 316 g/mol. The molecule has 0 saturated carbocycles. The quantitative estimate of drug-likeness (QED) is 0.608. The molecule has 0 aliphatic carbocycles. The summed E-state index contributed by atoms with van der Waals surface area (Å²) < 4.78 is 2.14. The third-order valence-corrected chi connectivity index (χ3v) is 4.50. The fourth-order valence-corrected chi connectivity index (χ4v) is 2.89. The highest BCUT2D eigenvalue weighted by Crippen LogP contribution is 2.28. The van der Waals surface area contributed by atoms with Crippen LogP contribution in [0.4, 0.5) is 0 Å². The average Bonchev–Trinajstić information content (AvgIpc) is 2.87. The SMILES string of the molecule is [B]c1cc(-n2cnc3ccc(C(C)(C)C)cc32)cc(C(C)(C)C)c1. The summed E-state index contributed by atoms with van der Waals surface area (Å²) in [6.07, 6.45) is 1.89. The van der Waals surface area contributed by atoms with Gasteiger partial charge in [-0.05, 0) is 46.2 Å². The van der Waals surface area contributed by atoms with Gasteiger partial charge in [-0.1, -0.05) is 59.1 Å². The van der Waals surface area contributed by atoms with E-state index in [4.69, 9.17) is 7.85 Å². The first-order valence-electron chi connectivity index (χ1n) is 8.45. The molecule has 0 aliphatic rings. The van der Waals surface area contributed by atoms with Crippen LogP contribution in [0.25, 0.3) is 16.7 Å². The van der Waals surface area contributed by atoms with E-state index in [0.29, 0.717) is 0 Å². The smallest absolute Gasteiger partial charge is 0.113 e. The molecular weight excluding hydrogens is 291 g/mol. The molecule has 0 amide bonds. The Morgan fingerprint density at radius 3 is 2.12 bits per heavy atom. The Kier molecular flexibility index (Phi) is 3.86. The van der Waals surface area contributed by atoms with Crippen molar-refractivity contribution in [2.24, 2.45) is 0 Å². The standard InChI is InChI=1S/C21H25BN2/c1-20(2,3)14-7-8-18-19(11-14)24(13-23-18)17-10-15(21(4,5)6)9-16(22)12-17/h7-13H,1-6H3. The highest BCUT2D eigenvalue weighted by atomic mass is 15.0. The van der Waals surface area contributed by atoms with Gasteiger partial charge in [-0.15, -0.1) is 0 Å². The Labute approximate surface area is 146 Å². The normalized spacial score (nSPS) is 12.8. The fraction of sp³-hybridized carbons (Fsp3) is 0.381. The van der Waals surface area contributed by atoms with Crippen molar-refractivity contribution >= 4 is 24.3 Å². The maximum absolute atomic E-state index is 6.17. The van der Waals surface area contributed by atoms with E-state index < -0.39 is 0 Å². The zero-order chi connectivity index (χ0) is 17.7. The topological polar surface area (TPSA) is 17.8 Å². The number of hydrogen-bond donors (Lipinski definition) is 0. The highest BCUT2D eigenvalue weighted by Gasteiger charge is 2.18. The molecule has 122 valence electrons. The molecular formula is C21H25BN2. The summed E-state index contributed by atoms with van der Waals surface area (Å²) in [5.41, 5.74) is 6.66. The third-order valence-electron chi connectivity index (χ3n) is 4.50. The van der Waals surface area contributed by atoms with E-state index in [9.17, 15) is 0 Å². The van der Waals surface area contributed by atoms with Crippen LogP contribution in [0.3, 0.4) is 0 Å². The van der Waals surface area contributed by atoms with Crippen molar-refractivity contribution in [1.82, 2.24) is 9.55 Å². The average molecular weight is 316 g/mol. The van der Waals surface area contributed by atoms with Gasteiger partial charge in [0.1, 0.15) is 14.2 Å². The molecule has 2 nitrogen and oxygen atoms in total. The van der Waals surface area contributed by atoms with Crippen LogP contribution < -0.4 is 5.46 Å². The number of imidazole rings is 1. The lowest BCUT2D eigenvalue weighted by atomic mass is 9.82. The maximum atomic E-state index is 6.17. The number of nitrogens with zero attached hydrogens (tertiary/aromatic N) is 2. The highest BCUT2D eigenvalue weighted by molar-refractivity contribution is 6.32. The van der Waals surface area contributed by atoms with E-state index in [-0.39, 0.29) is 10.8 Å². The van der Waals surface area contributed by atoms with Crippen molar-refractivity contribution < 1.29 is 0 Å². The predicted octanol–water partition coefficient (Wildman–Crippen LogP) is 4.41. The number of hydrogen-bond acceptors (Lipinski definition) is 1. The van der Waals surface area contributed by atoms with Crippen molar-refractivity contribution in [2.45, 2.75) is 52.4 Å². The Morgan fingerprint density at radius 2 is 1.50 bits per heavy atom. The molecule has 2 aromatic carbocycles. The number of fused-ring (bicyclic) bond motifs is 1. The van der Waals surface area contributed by atoms with Gasteiger partial charge in [-0.2, -0.15) is 0 Å². The van der Waals surface area contributed by atoms with Crippen molar-refractivity contribution in [3.05, 3.63) is 53.9 Å². The van der Waals surface area contributed by atoms with E-state index in [1.165, 1.54) is 11.1 Å². The van der Waals surface area contributed by atoms with Gasteiger partial charge in [-0.25, -0.2) is 4.98 Å². The van der Waals surface area contributed by atoms with Gasteiger partial charge in [0.25, 0.3) is 0 Å². The summed E-state index contributed by atoms with van der Waals surface area (Å²) in [6.45, 7) is 13.3. The van der Waals surface area contributed by atoms with Crippen LogP contribution in [0.1, 0.15) is 52.7 Å². The zero-order valence-electron chi connectivity index (χ0n) is 15.5. The van der Waals surface area contributed by atoms with E-state index in [2.05, 4.69) is 81.4 Å². The van der Waals surface area contributed by atoms with Crippen LogP contribution in [-0.2, 0) is 10.8 Å². The molecule has 0 aliphatic heterocycles. The Hall–Kier alpha value is -2.03. The molecule has 0 unspecified atom stereocenters. The van der Waals surface area contributed by atoms with Crippen molar-refractivity contribution in [1.29, 1.82) is 0 Å². The molecule has 0 spiro atoms. The predicted molar refractivity (Wildman–Crippen MR) is 104 cm³/mol. The van der Waals surface area contributed by atoms with E-state index in [0.717, 1.165) is 22.2 Å². The maximum Gasteiger partial charge on any atom is 0.113 e. The summed E-state index contributed by atoms with van der Waals surface area (Å²) in [4.78, 5) is 4.56. The van der Waals surface area contributed by atoms with Crippen molar-refractivity contribution in [3.63, 3.8) is 0 Å². The van der Waals surface area contributed by atoms with Crippen molar-refractivity contribution in [2.75, 3.05) is 0 Å². The van der Waals surface area contributed by atoms with Gasteiger partial charge >= 0.3 is 0 Å². The Morgan fingerprint density at radius 1 is 0.833 bits per heavy atom. The molecule has 2 radical (unpaired) electrons. The van der Waals surface area contributed by atoms with Gasteiger partial charge < -0.3 is 0 Å².